The molecule has 1 heterocycles. The van der Waals surface area contributed by atoms with E-state index in [1.54, 1.807) is 0 Å². The lowest BCUT2D eigenvalue weighted by Crippen LogP contribution is -2.37. The number of hydrogen-bond donors (Lipinski definition) is 1. The Morgan fingerprint density at radius 2 is 1.94 bits per heavy atom. The van der Waals surface area contributed by atoms with Crippen LogP contribution in [0.1, 0.15) is 29.5 Å². The minimum absolute atomic E-state index is 0.703. The Bertz CT molecular complexity index is 353. The van der Waals surface area contributed by atoms with Crippen molar-refractivity contribution in [1.82, 2.24) is 4.90 Å². The molecule has 2 N–H and O–H groups in total. The van der Waals surface area contributed by atoms with Crippen molar-refractivity contribution in [2.24, 2.45) is 11.7 Å². The first kappa shape index (κ1) is 12.6. The average Bonchev–Trinajstić information content (AvgIpc) is 2.28. The van der Waals surface area contributed by atoms with Gasteiger partial charge in [0, 0.05) is 13.1 Å². The summed E-state index contributed by atoms with van der Waals surface area (Å²) in [6, 6.07) is 6.85. The van der Waals surface area contributed by atoms with Gasteiger partial charge in [0.25, 0.3) is 0 Å². The van der Waals surface area contributed by atoms with Gasteiger partial charge >= 0.3 is 0 Å². The third kappa shape index (κ3) is 3.55. The summed E-state index contributed by atoms with van der Waals surface area (Å²) in [5, 5.41) is 0. The lowest BCUT2D eigenvalue weighted by Gasteiger charge is -2.32. The number of nitrogens with zero attached hydrogens (tertiary/aromatic N) is 1. The van der Waals surface area contributed by atoms with Gasteiger partial charge in [-0.15, -0.1) is 0 Å². The first-order chi connectivity index (χ1) is 8.17. The van der Waals surface area contributed by atoms with E-state index in [0.29, 0.717) is 5.92 Å². The predicted molar refractivity (Wildman–Crippen MR) is 73.0 cm³/mol. The zero-order chi connectivity index (χ0) is 12.3. The van der Waals surface area contributed by atoms with Crippen molar-refractivity contribution in [3.05, 3.63) is 34.9 Å². The van der Waals surface area contributed by atoms with Crippen LogP contribution < -0.4 is 5.73 Å². The number of rotatable bonds is 3. The predicted octanol–water partition coefficient (Wildman–Crippen LogP) is 2.47. The van der Waals surface area contributed by atoms with E-state index in [2.05, 4.69) is 36.9 Å². The number of likely N-dealkylation sites (tertiary alicyclic amines) is 1. The van der Waals surface area contributed by atoms with Gasteiger partial charge in [-0.3, -0.25) is 4.90 Å². The molecule has 0 aliphatic carbocycles. The zero-order valence-corrected chi connectivity index (χ0v) is 11.1. The molecule has 1 atom stereocenters. The third-order valence-electron chi connectivity index (χ3n) is 3.62. The Labute approximate surface area is 105 Å². The highest BCUT2D eigenvalue weighted by atomic mass is 15.1. The van der Waals surface area contributed by atoms with E-state index in [1.165, 1.54) is 42.6 Å². The fourth-order valence-corrected chi connectivity index (χ4v) is 2.91. The highest BCUT2D eigenvalue weighted by molar-refractivity contribution is 5.28. The summed E-state index contributed by atoms with van der Waals surface area (Å²) in [6.07, 6.45) is 2.60. The van der Waals surface area contributed by atoms with Crippen molar-refractivity contribution in [2.45, 2.75) is 33.2 Å². The molecule has 94 valence electrons. The number of aryl methyl sites for hydroxylation is 2. The van der Waals surface area contributed by atoms with Gasteiger partial charge in [0.05, 0.1) is 0 Å². The topological polar surface area (TPSA) is 29.3 Å². The number of nitrogens with two attached hydrogens (primary N) is 1. The Kier molecular flexibility index (Phi) is 4.19. The number of piperidine rings is 1. The number of benzene rings is 1. The van der Waals surface area contributed by atoms with Gasteiger partial charge in [-0.1, -0.05) is 29.3 Å². The maximum atomic E-state index is 5.78. The molecular weight excluding hydrogens is 208 g/mol. The molecule has 1 aliphatic heterocycles. The Morgan fingerprint density at radius 1 is 1.24 bits per heavy atom. The quantitative estimate of drug-likeness (QED) is 0.867. The molecule has 17 heavy (non-hydrogen) atoms. The van der Waals surface area contributed by atoms with Crippen molar-refractivity contribution in [3.8, 4) is 0 Å². The van der Waals surface area contributed by atoms with Crippen LogP contribution >= 0.6 is 0 Å². The molecule has 1 unspecified atom stereocenters. The molecule has 0 saturated carbocycles. The Morgan fingerprint density at radius 3 is 2.59 bits per heavy atom. The standard InChI is InChI=1S/C15H24N2/c1-12-6-13(2)8-15(7-12)11-17-5-3-4-14(9-16)10-17/h6-8,14H,3-5,9-11,16H2,1-2H3. The molecule has 2 rings (SSSR count). The van der Waals surface area contributed by atoms with Crippen molar-refractivity contribution < 1.29 is 0 Å². The summed E-state index contributed by atoms with van der Waals surface area (Å²) in [5.41, 5.74) is 9.96. The summed E-state index contributed by atoms with van der Waals surface area (Å²) in [7, 11) is 0. The SMILES string of the molecule is Cc1cc(C)cc(CN2CCCC(CN)C2)c1. The molecule has 1 aromatic carbocycles. The Balaban J connectivity index is 2.00. The Hall–Kier alpha value is -0.860. The largest absolute Gasteiger partial charge is 0.330 e. The number of hydrogen-bond acceptors (Lipinski definition) is 2. The molecule has 1 aromatic rings. The van der Waals surface area contributed by atoms with Crippen LogP contribution in [0.15, 0.2) is 18.2 Å². The highest BCUT2D eigenvalue weighted by Gasteiger charge is 2.18. The third-order valence-corrected chi connectivity index (χ3v) is 3.62. The molecular formula is C15H24N2. The fraction of sp³-hybridized carbons (Fsp3) is 0.600. The van der Waals surface area contributed by atoms with Crippen LogP contribution in [0.25, 0.3) is 0 Å². The summed E-state index contributed by atoms with van der Waals surface area (Å²) in [4.78, 5) is 2.55. The van der Waals surface area contributed by atoms with Crippen LogP contribution in [0.3, 0.4) is 0 Å². The molecule has 2 heteroatoms. The van der Waals surface area contributed by atoms with Crippen LogP contribution in [-0.4, -0.2) is 24.5 Å². The van der Waals surface area contributed by atoms with E-state index >= 15 is 0 Å². The van der Waals surface area contributed by atoms with Crippen LogP contribution in [0, 0.1) is 19.8 Å². The second-order valence-corrected chi connectivity index (χ2v) is 5.48. The van der Waals surface area contributed by atoms with E-state index in [9.17, 15) is 0 Å². The van der Waals surface area contributed by atoms with Crippen LogP contribution in [0.2, 0.25) is 0 Å². The molecule has 0 aromatic heterocycles. The lowest BCUT2D eigenvalue weighted by molar-refractivity contribution is 0.171. The van der Waals surface area contributed by atoms with E-state index < -0.39 is 0 Å². The second kappa shape index (κ2) is 5.65. The van der Waals surface area contributed by atoms with E-state index in [-0.39, 0.29) is 0 Å². The molecule has 0 radical (unpaired) electrons. The van der Waals surface area contributed by atoms with Crippen LogP contribution in [0.5, 0.6) is 0 Å². The van der Waals surface area contributed by atoms with Gasteiger partial charge in [0.2, 0.25) is 0 Å². The summed E-state index contributed by atoms with van der Waals surface area (Å²) >= 11 is 0. The highest BCUT2D eigenvalue weighted by Crippen LogP contribution is 2.18. The van der Waals surface area contributed by atoms with Gasteiger partial charge < -0.3 is 5.73 Å². The van der Waals surface area contributed by atoms with E-state index in [4.69, 9.17) is 5.73 Å². The van der Waals surface area contributed by atoms with Gasteiger partial charge in [0.1, 0.15) is 0 Å². The molecule has 1 saturated heterocycles. The van der Waals surface area contributed by atoms with Crippen molar-refractivity contribution in [2.75, 3.05) is 19.6 Å². The smallest absolute Gasteiger partial charge is 0.0234 e. The first-order valence-electron chi connectivity index (χ1n) is 6.67. The minimum Gasteiger partial charge on any atom is -0.330 e. The van der Waals surface area contributed by atoms with Crippen molar-refractivity contribution in [1.29, 1.82) is 0 Å². The fourth-order valence-electron chi connectivity index (χ4n) is 2.91. The lowest BCUT2D eigenvalue weighted by atomic mass is 9.97. The van der Waals surface area contributed by atoms with Gasteiger partial charge in [-0.25, -0.2) is 0 Å². The van der Waals surface area contributed by atoms with Gasteiger partial charge in [0.15, 0.2) is 0 Å². The maximum Gasteiger partial charge on any atom is 0.0234 e. The zero-order valence-electron chi connectivity index (χ0n) is 11.1. The van der Waals surface area contributed by atoms with Crippen molar-refractivity contribution in [3.63, 3.8) is 0 Å². The summed E-state index contributed by atoms with van der Waals surface area (Å²) in [6.45, 7) is 8.67. The summed E-state index contributed by atoms with van der Waals surface area (Å²) in [5.74, 6) is 0.703. The molecule has 1 fully saturated rings. The maximum absolute atomic E-state index is 5.78. The molecule has 1 aliphatic rings. The molecule has 0 spiro atoms. The normalized spacial score (nSPS) is 21.7. The van der Waals surface area contributed by atoms with Crippen LogP contribution in [-0.2, 0) is 6.54 Å². The first-order valence-corrected chi connectivity index (χ1v) is 6.67. The molecule has 0 amide bonds. The second-order valence-electron chi connectivity index (χ2n) is 5.48. The monoisotopic (exact) mass is 232 g/mol. The van der Waals surface area contributed by atoms with Gasteiger partial charge in [-0.2, -0.15) is 0 Å². The van der Waals surface area contributed by atoms with E-state index in [0.717, 1.165) is 13.1 Å². The van der Waals surface area contributed by atoms with E-state index in [1.807, 2.05) is 0 Å². The molecule has 0 bridgehead atoms. The minimum atomic E-state index is 0.703. The van der Waals surface area contributed by atoms with Crippen LogP contribution in [0.4, 0.5) is 0 Å². The molecule has 2 nitrogen and oxygen atoms in total. The van der Waals surface area contributed by atoms with Crippen molar-refractivity contribution >= 4 is 0 Å². The summed E-state index contributed by atoms with van der Waals surface area (Å²) < 4.78 is 0. The average molecular weight is 232 g/mol. The van der Waals surface area contributed by atoms with Gasteiger partial charge in [-0.05, 0) is 51.3 Å².